The van der Waals surface area contributed by atoms with Crippen LogP contribution in [-0.4, -0.2) is 35.9 Å². The standard InChI is InChI=1S/C28H27F2NO6/c1-16(13-23(33)26-27(37-18(3)32)24(35-4)11-12-31-26)28(34)36-17(2)25(19-7-5-9-21(29)14-19)20-8-6-10-22(30)15-20/h5-12,14-17,25H,13H2,1-4H3/t16-,17+/m1/s1. The lowest BCUT2D eigenvalue weighted by atomic mass is 9.87. The number of Topliss-reactive ketones (excluding diaryl/α,β-unsaturated/α-hetero) is 1. The molecule has 2 atom stereocenters. The summed E-state index contributed by atoms with van der Waals surface area (Å²) < 4.78 is 43.9. The van der Waals surface area contributed by atoms with E-state index in [2.05, 4.69) is 4.98 Å². The monoisotopic (exact) mass is 511 g/mol. The number of methoxy groups -OCH3 is 1. The summed E-state index contributed by atoms with van der Waals surface area (Å²) in [6, 6.07) is 13.0. The maximum atomic E-state index is 14.0. The molecule has 0 unspecified atom stereocenters. The normalized spacial score (nSPS) is 12.5. The lowest BCUT2D eigenvalue weighted by molar-refractivity contribution is -0.153. The van der Waals surface area contributed by atoms with Gasteiger partial charge >= 0.3 is 11.9 Å². The zero-order chi connectivity index (χ0) is 27.1. The van der Waals surface area contributed by atoms with Gasteiger partial charge in [-0.05, 0) is 42.3 Å². The van der Waals surface area contributed by atoms with Crippen LogP contribution >= 0.6 is 0 Å². The zero-order valence-electron chi connectivity index (χ0n) is 20.9. The van der Waals surface area contributed by atoms with Gasteiger partial charge in [0.15, 0.2) is 17.2 Å². The predicted octanol–water partition coefficient (Wildman–Crippen LogP) is 5.27. The van der Waals surface area contributed by atoms with Crippen molar-refractivity contribution in [2.75, 3.05) is 7.11 Å². The number of halogens is 2. The minimum atomic E-state index is -0.895. The number of esters is 2. The third-order valence-electron chi connectivity index (χ3n) is 5.68. The molecule has 0 aliphatic heterocycles. The van der Waals surface area contributed by atoms with Gasteiger partial charge in [-0.1, -0.05) is 31.2 Å². The van der Waals surface area contributed by atoms with Crippen molar-refractivity contribution in [1.82, 2.24) is 4.98 Å². The molecule has 0 amide bonds. The number of nitrogens with zero attached hydrogens (tertiary/aromatic N) is 1. The molecule has 3 aromatic rings. The molecule has 0 radical (unpaired) electrons. The summed E-state index contributed by atoms with van der Waals surface area (Å²) in [5.74, 6) is -4.41. The fraction of sp³-hybridized carbons (Fsp3) is 0.286. The number of ketones is 1. The number of hydrogen-bond acceptors (Lipinski definition) is 7. The van der Waals surface area contributed by atoms with Crippen molar-refractivity contribution < 1.29 is 37.4 Å². The Hall–Kier alpha value is -4.14. The lowest BCUT2D eigenvalue weighted by Gasteiger charge is -2.26. The van der Waals surface area contributed by atoms with Crippen molar-refractivity contribution in [2.45, 2.75) is 39.2 Å². The average Bonchev–Trinajstić information content (AvgIpc) is 2.84. The molecule has 0 N–H and O–H groups in total. The summed E-state index contributed by atoms with van der Waals surface area (Å²) in [5.41, 5.74) is 0.849. The molecule has 3 rings (SSSR count). The Balaban J connectivity index is 1.80. The average molecular weight is 512 g/mol. The first kappa shape index (κ1) is 27.4. The number of aromatic nitrogens is 1. The van der Waals surface area contributed by atoms with Crippen molar-refractivity contribution in [3.63, 3.8) is 0 Å². The molecule has 9 heteroatoms. The highest BCUT2D eigenvalue weighted by molar-refractivity contribution is 5.99. The first-order valence-corrected chi connectivity index (χ1v) is 11.6. The Labute approximate surface area is 213 Å². The number of rotatable bonds is 10. The molecule has 0 saturated heterocycles. The van der Waals surface area contributed by atoms with E-state index in [1.54, 1.807) is 19.1 Å². The second kappa shape index (κ2) is 12.2. The highest BCUT2D eigenvalue weighted by Gasteiger charge is 2.30. The van der Waals surface area contributed by atoms with Crippen molar-refractivity contribution in [3.8, 4) is 11.5 Å². The molecular formula is C28H27F2NO6. The molecule has 1 heterocycles. The van der Waals surface area contributed by atoms with Crippen LogP contribution in [-0.2, 0) is 14.3 Å². The van der Waals surface area contributed by atoms with Crippen LogP contribution in [0.4, 0.5) is 8.78 Å². The highest BCUT2D eigenvalue weighted by atomic mass is 19.1. The number of pyridine rings is 1. The fourth-order valence-electron chi connectivity index (χ4n) is 3.99. The van der Waals surface area contributed by atoms with E-state index in [1.807, 2.05) is 0 Å². The molecule has 2 aromatic carbocycles. The predicted molar refractivity (Wildman–Crippen MR) is 130 cm³/mol. The Morgan fingerprint density at radius 1 is 0.946 bits per heavy atom. The van der Waals surface area contributed by atoms with E-state index in [0.717, 1.165) is 0 Å². The molecule has 0 bridgehead atoms. The first-order chi connectivity index (χ1) is 17.6. The van der Waals surface area contributed by atoms with E-state index in [4.69, 9.17) is 14.2 Å². The Kier molecular flexibility index (Phi) is 9.05. The summed E-state index contributed by atoms with van der Waals surface area (Å²) in [6.45, 7) is 4.31. The van der Waals surface area contributed by atoms with E-state index in [1.165, 1.54) is 69.6 Å². The summed E-state index contributed by atoms with van der Waals surface area (Å²) in [5, 5.41) is 0. The van der Waals surface area contributed by atoms with Crippen molar-refractivity contribution in [2.24, 2.45) is 5.92 Å². The molecular weight excluding hydrogens is 484 g/mol. The highest BCUT2D eigenvalue weighted by Crippen LogP contribution is 2.33. The van der Waals surface area contributed by atoms with Crippen LogP contribution in [0.1, 0.15) is 54.7 Å². The van der Waals surface area contributed by atoms with Crippen molar-refractivity contribution >= 4 is 17.7 Å². The van der Waals surface area contributed by atoms with Gasteiger partial charge in [0, 0.05) is 31.5 Å². The maximum Gasteiger partial charge on any atom is 0.309 e. The van der Waals surface area contributed by atoms with Crippen LogP contribution in [0.15, 0.2) is 60.8 Å². The topological polar surface area (TPSA) is 91.8 Å². The third-order valence-corrected chi connectivity index (χ3v) is 5.68. The molecule has 0 aliphatic carbocycles. The number of benzene rings is 2. The number of carbonyl (C=O) groups excluding carboxylic acids is 3. The van der Waals surface area contributed by atoms with Gasteiger partial charge in [0.1, 0.15) is 17.7 Å². The largest absolute Gasteiger partial charge is 0.493 e. The Morgan fingerprint density at radius 2 is 1.54 bits per heavy atom. The van der Waals surface area contributed by atoms with Gasteiger partial charge in [0.05, 0.1) is 13.0 Å². The quantitative estimate of drug-likeness (QED) is 0.271. The summed E-state index contributed by atoms with van der Waals surface area (Å²) in [4.78, 5) is 41.4. The van der Waals surface area contributed by atoms with E-state index in [0.29, 0.717) is 11.1 Å². The Bertz CT molecular complexity index is 1250. The lowest BCUT2D eigenvalue weighted by Crippen LogP contribution is -2.28. The fourth-order valence-corrected chi connectivity index (χ4v) is 3.99. The van der Waals surface area contributed by atoms with Crippen molar-refractivity contribution in [3.05, 3.63) is 89.2 Å². The molecule has 0 spiro atoms. The van der Waals surface area contributed by atoms with Gasteiger partial charge in [-0.3, -0.25) is 14.4 Å². The van der Waals surface area contributed by atoms with Crippen LogP contribution < -0.4 is 9.47 Å². The molecule has 37 heavy (non-hydrogen) atoms. The first-order valence-electron chi connectivity index (χ1n) is 11.6. The molecule has 0 aliphatic rings. The third kappa shape index (κ3) is 6.97. The van der Waals surface area contributed by atoms with Gasteiger partial charge < -0.3 is 14.2 Å². The van der Waals surface area contributed by atoms with Gasteiger partial charge in [-0.15, -0.1) is 0 Å². The second-order valence-corrected chi connectivity index (χ2v) is 8.54. The summed E-state index contributed by atoms with van der Waals surface area (Å²) in [6.07, 6.45) is 0.220. The minimum absolute atomic E-state index is 0.131. The number of hydrogen-bond donors (Lipinski definition) is 0. The van der Waals surface area contributed by atoms with E-state index in [9.17, 15) is 23.2 Å². The van der Waals surface area contributed by atoms with Crippen molar-refractivity contribution in [1.29, 1.82) is 0 Å². The SMILES string of the molecule is COc1ccnc(C(=O)C[C@@H](C)C(=O)O[C@@H](C)C(c2cccc(F)c2)c2cccc(F)c2)c1OC(C)=O. The molecule has 194 valence electrons. The van der Waals surface area contributed by atoms with E-state index >= 15 is 0 Å². The maximum absolute atomic E-state index is 14.0. The van der Waals surface area contributed by atoms with Gasteiger partial charge in [0.25, 0.3) is 0 Å². The van der Waals surface area contributed by atoms with Crippen LogP contribution in [0.3, 0.4) is 0 Å². The zero-order valence-corrected chi connectivity index (χ0v) is 20.9. The van der Waals surface area contributed by atoms with Crippen LogP contribution in [0.2, 0.25) is 0 Å². The Morgan fingerprint density at radius 3 is 2.05 bits per heavy atom. The summed E-state index contributed by atoms with van der Waals surface area (Å²) in [7, 11) is 1.35. The molecule has 1 aromatic heterocycles. The van der Waals surface area contributed by atoms with Crippen LogP contribution in [0.5, 0.6) is 11.5 Å². The number of ether oxygens (including phenoxy) is 3. The summed E-state index contributed by atoms with van der Waals surface area (Å²) >= 11 is 0. The van der Waals surface area contributed by atoms with Gasteiger partial charge in [-0.2, -0.15) is 0 Å². The minimum Gasteiger partial charge on any atom is -0.493 e. The van der Waals surface area contributed by atoms with Gasteiger partial charge in [-0.25, -0.2) is 13.8 Å². The van der Waals surface area contributed by atoms with E-state index in [-0.39, 0.29) is 23.6 Å². The van der Waals surface area contributed by atoms with Crippen LogP contribution in [0.25, 0.3) is 0 Å². The molecule has 0 fully saturated rings. The molecule has 7 nitrogen and oxygen atoms in total. The molecule has 0 saturated carbocycles. The van der Waals surface area contributed by atoms with Crippen LogP contribution in [0, 0.1) is 17.6 Å². The van der Waals surface area contributed by atoms with Gasteiger partial charge in [0.2, 0.25) is 5.75 Å². The smallest absolute Gasteiger partial charge is 0.309 e. The van der Waals surface area contributed by atoms with E-state index < -0.39 is 47.3 Å². The second-order valence-electron chi connectivity index (χ2n) is 8.54. The number of carbonyl (C=O) groups is 3.